The van der Waals surface area contributed by atoms with Gasteiger partial charge in [-0.15, -0.1) is 11.3 Å². The second kappa shape index (κ2) is 6.52. The van der Waals surface area contributed by atoms with Crippen molar-refractivity contribution in [2.45, 2.75) is 20.0 Å². The molecule has 0 bridgehead atoms. The number of pyridine rings is 1. The fourth-order valence-electron chi connectivity index (χ4n) is 2.64. The van der Waals surface area contributed by atoms with E-state index < -0.39 is 11.9 Å². The third-order valence-corrected chi connectivity index (χ3v) is 5.29. The quantitative estimate of drug-likeness (QED) is 0.815. The Hall–Kier alpha value is -2.34. The Morgan fingerprint density at radius 3 is 2.24 bits per heavy atom. The summed E-state index contributed by atoms with van der Waals surface area (Å²) in [6.45, 7) is 6.18. The molecule has 0 saturated carbocycles. The number of alkyl halides is 3. The molecule has 0 atom stereocenters. The summed E-state index contributed by atoms with van der Waals surface area (Å²) in [5.74, 6) is 0.100. The van der Waals surface area contributed by atoms with Crippen LogP contribution in [0.1, 0.15) is 21.8 Å². The zero-order valence-electron chi connectivity index (χ0n) is 13.8. The van der Waals surface area contributed by atoms with Crippen LogP contribution < -0.4 is 9.80 Å². The summed E-state index contributed by atoms with van der Waals surface area (Å²) < 4.78 is 38.7. The monoisotopic (exact) mass is 367 g/mol. The van der Waals surface area contributed by atoms with Crippen LogP contribution in [0.25, 0.3) is 0 Å². The Morgan fingerprint density at radius 2 is 1.72 bits per heavy atom. The fourth-order valence-corrected chi connectivity index (χ4v) is 3.60. The van der Waals surface area contributed by atoms with E-state index in [0.717, 1.165) is 21.8 Å². The minimum atomic E-state index is -4.53. The zero-order valence-corrected chi connectivity index (χ0v) is 14.6. The number of hydrogen-bond donors (Lipinski definition) is 0. The smallest absolute Gasteiger partial charge is 0.352 e. The number of rotatable bonds is 2. The fraction of sp³-hybridized carbons (Fsp3) is 0.438. The average Bonchev–Trinajstić information content (AvgIpc) is 2.92. The normalized spacial score (nSPS) is 15.4. The first-order valence-electron chi connectivity index (χ1n) is 7.72. The summed E-state index contributed by atoms with van der Waals surface area (Å²) in [5.41, 5.74) is 0.172. The van der Waals surface area contributed by atoms with Gasteiger partial charge < -0.3 is 9.80 Å². The van der Waals surface area contributed by atoms with Crippen LogP contribution in [-0.2, 0) is 6.18 Å². The highest BCUT2D eigenvalue weighted by atomic mass is 32.1. The summed E-state index contributed by atoms with van der Waals surface area (Å²) in [4.78, 5) is 13.2. The zero-order chi connectivity index (χ0) is 18.2. The second-order valence-electron chi connectivity index (χ2n) is 5.79. The molecule has 0 spiro atoms. The number of piperazine rings is 1. The molecule has 3 heterocycles. The molecule has 0 aromatic carbocycles. The molecule has 1 fully saturated rings. The van der Waals surface area contributed by atoms with Crippen LogP contribution in [0.15, 0.2) is 12.1 Å². The van der Waals surface area contributed by atoms with E-state index in [-0.39, 0.29) is 11.4 Å². The first-order valence-corrected chi connectivity index (χ1v) is 8.53. The Morgan fingerprint density at radius 1 is 1.08 bits per heavy atom. The summed E-state index contributed by atoms with van der Waals surface area (Å²) in [7, 11) is 0. The molecule has 1 aliphatic rings. The number of nitrogens with zero attached hydrogens (tertiary/aromatic N) is 5. The van der Waals surface area contributed by atoms with Crippen LogP contribution >= 0.6 is 11.3 Å². The van der Waals surface area contributed by atoms with Gasteiger partial charge in [-0.25, -0.2) is 9.97 Å². The van der Waals surface area contributed by atoms with Gasteiger partial charge in [0.05, 0.1) is 11.3 Å². The maximum atomic E-state index is 12.9. The Bertz CT molecular complexity index is 797. The van der Waals surface area contributed by atoms with E-state index >= 15 is 0 Å². The van der Waals surface area contributed by atoms with Gasteiger partial charge in [-0.1, -0.05) is 0 Å². The Labute approximate surface area is 147 Å². The largest absolute Gasteiger partial charge is 0.433 e. The van der Waals surface area contributed by atoms with Gasteiger partial charge >= 0.3 is 6.18 Å². The third kappa shape index (κ3) is 3.54. The van der Waals surface area contributed by atoms with Crippen molar-refractivity contribution in [1.82, 2.24) is 9.97 Å². The number of hydrogen-bond acceptors (Lipinski definition) is 6. The van der Waals surface area contributed by atoms with Crippen molar-refractivity contribution < 1.29 is 13.2 Å². The van der Waals surface area contributed by atoms with Gasteiger partial charge in [0.2, 0.25) is 0 Å². The summed E-state index contributed by atoms with van der Waals surface area (Å²) in [6, 6.07) is 3.96. The molecule has 1 saturated heterocycles. The van der Waals surface area contributed by atoms with Crippen molar-refractivity contribution in [3.8, 4) is 6.07 Å². The standard InChI is InChI=1S/C16H16F3N5S/c1-10-11(2)25-15(21-10)24-7-5-23(6-8-24)14-12(9-20)3-4-13(22-14)16(17,18)19/h3-4H,5-8H2,1-2H3. The van der Waals surface area contributed by atoms with Gasteiger partial charge in [0.25, 0.3) is 0 Å². The van der Waals surface area contributed by atoms with E-state index in [9.17, 15) is 18.4 Å². The van der Waals surface area contributed by atoms with Gasteiger partial charge in [0.1, 0.15) is 17.6 Å². The van der Waals surface area contributed by atoms with E-state index in [2.05, 4.69) is 14.9 Å². The predicted octanol–water partition coefficient (Wildman–Crippen LogP) is 3.37. The van der Waals surface area contributed by atoms with E-state index in [1.165, 1.54) is 6.07 Å². The number of aryl methyl sites for hydroxylation is 2. The van der Waals surface area contributed by atoms with E-state index in [1.54, 1.807) is 16.2 Å². The highest BCUT2D eigenvalue weighted by Crippen LogP contribution is 2.31. The predicted molar refractivity (Wildman–Crippen MR) is 90.0 cm³/mol. The summed E-state index contributed by atoms with van der Waals surface area (Å²) >= 11 is 1.61. The Balaban J connectivity index is 1.79. The molecule has 3 rings (SSSR count). The van der Waals surface area contributed by atoms with E-state index in [0.29, 0.717) is 26.2 Å². The van der Waals surface area contributed by atoms with Gasteiger partial charge in [-0.05, 0) is 26.0 Å². The molecule has 25 heavy (non-hydrogen) atoms. The lowest BCUT2D eigenvalue weighted by atomic mass is 10.2. The molecule has 2 aromatic rings. The highest BCUT2D eigenvalue weighted by molar-refractivity contribution is 7.15. The third-order valence-electron chi connectivity index (χ3n) is 4.15. The number of anilines is 2. The number of thiazole rings is 1. The van der Waals surface area contributed by atoms with Gasteiger partial charge in [0, 0.05) is 31.1 Å². The van der Waals surface area contributed by atoms with Crippen molar-refractivity contribution in [3.63, 3.8) is 0 Å². The number of halogens is 3. The molecule has 0 amide bonds. The lowest BCUT2D eigenvalue weighted by Crippen LogP contribution is -2.47. The van der Waals surface area contributed by atoms with Crippen LogP contribution in [0.4, 0.5) is 24.1 Å². The maximum absolute atomic E-state index is 12.9. The molecule has 2 aromatic heterocycles. The SMILES string of the molecule is Cc1nc(N2CCN(c3nc(C(F)(F)F)ccc3C#N)CC2)sc1C. The second-order valence-corrected chi connectivity index (χ2v) is 6.97. The van der Waals surface area contributed by atoms with Crippen molar-refractivity contribution in [1.29, 1.82) is 5.26 Å². The maximum Gasteiger partial charge on any atom is 0.433 e. The topological polar surface area (TPSA) is 56.1 Å². The van der Waals surface area contributed by atoms with Crippen LogP contribution in [-0.4, -0.2) is 36.1 Å². The molecule has 132 valence electrons. The lowest BCUT2D eigenvalue weighted by molar-refractivity contribution is -0.141. The molecule has 0 radical (unpaired) electrons. The van der Waals surface area contributed by atoms with Gasteiger partial charge in [-0.2, -0.15) is 18.4 Å². The lowest BCUT2D eigenvalue weighted by Gasteiger charge is -2.35. The van der Waals surface area contributed by atoms with Gasteiger partial charge in [-0.3, -0.25) is 0 Å². The molecular formula is C16H16F3N5S. The minimum absolute atomic E-state index is 0.100. The molecule has 0 unspecified atom stereocenters. The molecule has 0 aliphatic carbocycles. The first-order chi connectivity index (χ1) is 11.8. The molecule has 5 nitrogen and oxygen atoms in total. The van der Waals surface area contributed by atoms with Crippen molar-refractivity contribution in [2.24, 2.45) is 0 Å². The van der Waals surface area contributed by atoms with Crippen LogP contribution in [0.2, 0.25) is 0 Å². The molecule has 1 aliphatic heterocycles. The van der Waals surface area contributed by atoms with Crippen molar-refractivity contribution >= 4 is 22.3 Å². The van der Waals surface area contributed by atoms with Crippen molar-refractivity contribution in [2.75, 3.05) is 36.0 Å². The van der Waals surface area contributed by atoms with Gasteiger partial charge in [0.15, 0.2) is 5.13 Å². The van der Waals surface area contributed by atoms with Crippen LogP contribution in [0.3, 0.4) is 0 Å². The molecular weight excluding hydrogens is 351 g/mol. The number of nitriles is 1. The molecule has 0 N–H and O–H groups in total. The van der Waals surface area contributed by atoms with Crippen LogP contribution in [0, 0.1) is 25.2 Å². The van der Waals surface area contributed by atoms with E-state index in [1.807, 2.05) is 19.9 Å². The van der Waals surface area contributed by atoms with E-state index in [4.69, 9.17) is 0 Å². The average molecular weight is 367 g/mol. The van der Waals surface area contributed by atoms with Crippen molar-refractivity contribution in [3.05, 3.63) is 34.0 Å². The minimum Gasteiger partial charge on any atom is -0.352 e. The first kappa shape index (κ1) is 17.5. The van der Waals surface area contributed by atoms with Crippen LogP contribution in [0.5, 0.6) is 0 Å². The summed E-state index contributed by atoms with van der Waals surface area (Å²) in [5, 5.41) is 10.1. The highest BCUT2D eigenvalue weighted by Gasteiger charge is 2.34. The Kier molecular flexibility index (Phi) is 4.56. The molecule has 9 heteroatoms. The number of aromatic nitrogens is 2. The summed E-state index contributed by atoms with van der Waals surface area (Å²) in [6.07, 6.45) is -4.53.